The summed E-state index contributed by atoms with van der Waals surface area (Å²) in [5, 5.41) is 6.18. The summed E-state index contributed by atoms with van der Waals surface area (Å²) >= 11 is 12.2. The van der Waals surface area contributed by atoms with Crippen LogP contribution in [0.4, 0.5) is 10.5 Å². The Kier molecular flexibility index (Phi) is 4.61. The smallest absolute Gasteiger partial charge is 0.319 e. The van der Waals surface area contributed by atoms with Gasteiger partial charge in [-0.15, -0.1) is 6.42 Å². The van der Waals surface area contributed by atoms with Crippen molar-refractivity contribution >= 4 is 46.0 Å². The summed E-state index contributed by atoms with van der Waals surface area (Å²) in [6, 6.07) is 9.73. The highest BCUT2D eigenvalue weighted by molar-refractivity contribution is 6.33. The van der Waals surface area contributed by atoms with Crippen LogP contribution in [0.5, 0.6) is 0 Å². The maximum absolute atomic E-state index is 11.7. The highest BCUT2D eigenvalue weighted by Crippen LogP contribution is 2.32. The van der Waals surface area contributed by atoms with E-state index < -0.39 is 6.03 Å². The fraction of sp³-hybridized carbons (Fsp3) is 0.0588. The van der Waals surface area contributed by atoms with E-state index in [0.717, 1.165) is 0 Å². The molecule has 0 spiro atoms. The average molecular weight is 360 g/mol. The van der Waals surface area contributed by atoms with Gasteiger partial charge in [0.1, 0.15) is 5.52 Å². The molecular weight excluding hydrogens is 349 g/mol. The van der Waals surface area contributed by atoms with Crippen LogP contribution in [0.1, 0.15) is 0 Å². The van der Waals surface area contributed by atoms with E-state index in [1.54, 1.807) is 36.4 Å². The average Bonchev–Trinajstić information content (AvgIpc) is 2.97. The first-order valence-corrected chi connectivity index (χ1v) is 7.67. The third-order valence-corrected chi connectivity index (χ3v) is 3.72. The standard InChI is InChI=1S/C17H11Cl2N3O2/c1-2-7-20-17(23)21-11-4-5-13(19)12(9-11)16-22-14-8-10(18)3-6-15(14)24-16/h1,3-6,8-9H,7H2,(H2,20,21,23). The molecule has 0 bridgehead atoms. The minimum absolute atomic E-state index is 0.137. The Labute approximate surface area is 148 Å². The van der Waals surface area contributed by atoms with Crippen LogP contribution in [-0.4, -0.2) is 17.6 Å². The number of rotatable bonds is 3. The molecule has 2 aromatic carbocycles. The largest absolute Gasteiger partial charge is 0.436 e. The van der Waals surface area contributed by atoms with Crippen molar-refractivity contribution in [2.45, 2.75) is 0 Å². The number of aromatic nitrogens is 1. The van der Waals surface area contributed by atoms with E-state index in [9.17, 15) is 4.79 Å². The lowest BCUT2D eigenvalue weighted by molar-refractivity contribution is 0.253. The Balaban J connectivity index is 1.93. The Morgan fingerprint density at radius 3 is 2.88 bits per heavy atom. The van der Waals surface area contributed by atoms with Gasteiger partial charge in [-0.1, -0.05) is 29.1 Å². The Morgan fingerprint density at radius 1 is 1.25 bits per heavy atom. The van der Waals surface area contributed by atoms with E-state index in [4.69, 9.17) is 34.0 Å². The first-order valence-electron chi connectivity index (χ1n) is 6.91. The van der Waals surface area contributed by atoms with Crippen molar-refractivity contribution < 1.29 is 9.21 Å². The summed E-state index contributed by atoms with van der Waals surface area (Å²) in [6.07, 6.45) is 5.10. The number of carbonyl (C=O) groups excluding carboxylic acids is 1. The van der Waals surface area contributed by atoms with Gasteiger partial charge in [-0.25, -0.2) is 9.78 Å². The summed E-state index contributed by atoms with van der Waals surface area (Å²) in [7, 11) is 0. The van der Waals surface area contributed by atoms with Gasteiger partial charge < -0.3 is 15.1 Å². The first-order chi connectivity index (χ1) is 11.6. The van der Waals surface area contributed by atoms with Crippen LogP contribution in [0, 0.1) is 12.3 Å². The highest BCUT2D eigenvalue weighted by atomic mass is 35.5. The van der Waals surface area contributed by atoms with Crippen molar-refractivity contribution in [3.8, 4) is 23.8 Å². The summed E-state index contributed by atoms with van der Waals surface area (Å²) in [5.74, 6) is 2.66. The van der Waals surface area contributed by atoms with E-state index in [0.29, 0.717) is 38.3 Å². The number of urea groups is 1. The molecule has 0 saturated heterocycles. The Bertz CT molecular complexity index is 960. The van der Waals surface area contributed by atoms with Gasteiger partial charge in [0.2, 0.25) is 5.89 Å². The molecule has 1 heterocycles. The number of nitrogens with one attached hydrogen (secondary N) is 2. The van der Waals surface area contributed by atoms with Gasteiger partial charge in [0.05, 0.1) is 17.1 Å². The quantitative estimate of drug-likeness (QED) is 0.673. The molecule has 0 radical (unpaired) electrons. The van der Waals surface area contributed by atoms with Gasteiger partial charge in [-0.2, -0.15) is 0 Å². The second-order valence-electron chi connectivity index (χ2n) is 4.84. The zero-order chi connectivity index (χ0) is 17.1. The lowest BCUT2D eigenvalue weighted by Crippen LogP contribution is -2.28. The number of nitrogens with zero attached hydrogens (tertiary/aromatic N) is 1. The molecule has 24 heavy (non-hydrogen) atoms. The maximum atomic E-state index is 11.7. The minimum Gasteiger partial charge on any atom is -0.436 e. The summed E-state index contributed by atoms with van der Waals surface area (Å²) in [6.45, 7) is 0.137. The van der Waals surface area contributed by atoms with Crippen LogP contribution >= 0.6 is 23.2 Å². The number of fused-ring (bicyclic) bond motifs is 1. The first kappa shape index (κ1) is 16.2. The minimum atomic E-state index is -0.412. The highest BCUT2D eigenvalue weighted by Gasteiger charge is 2.13. The van der Waals surface area contributed by atoms with E-state index in [-0.39, 0.29) is 6.54 Å². The molecule has 2 amide bonds. The van der Waals surface area contributed by atoms with Gasteiger partial charge in [0.15, 0.2) is 5.58 Å². The molecule has 120 valence electrons. The molecule has 0 saturated carbocycles. The molecule has 0 fully saturated rings. The van der Waals surface area contributed by atoms with Crippen LogP contribution in [0.3, 0.4) is 0 Å². The number of hydrogen-bond acceptors (Lipinski definition) is 3. The Hall–Kier alpha value is -2.68. The van der Waals surface area contributed by atoms with E-state index in [1.165, 1.54) is 0 Å². The third kappa shape index (κ3) is 3.46. The number of benzene rings is 2. The van der Waals surface area contributed by atoms with Crippen molar-refractivity contribution in [3.05, 3.63) is 46.4 Å². The zero-order valence-corrected chi connectivity index (χ0v) is 13.8. The molecule has 0 aliphatic carbocycles. The SMILES string of the molecule is C#CCNC(=O)Nc1ccc(Cl)c(-c2nc3cc(Cl)ccc3o2)c1. The predicted molar refractivity (Wildman–Crippen MR) is 95.3 cm³/mol. The van der Waals surface area contributed by atoms with Crippen LogP contribution in [0.15, 0.2) is 40.8 Å². The maximum Gasteiger partial charge on any atom is 0.319 e. The van der Waals surface area contributed by atoms with Crippen molar-refractivity contribution in [1.82, 2.24) is 10.3 Å². The fourth-order valence-corrected chi connectivity index (χ4v) is 2.45. The lowest BCUT2D eigenvalue weighted by atomic mass is 10.2. The number of halogens is 2. The topological polar surface area (TPSA) is 67.2 Å². The van der Waals surface area contributed by atoms with E-state index >= 15 is 0 Å². The van der Waals surface area contributed by atoms with Crippen molar-refractivity contribution in [3.63, 3.8) is 0 Å². The second kappa shape index (κ2) is 6.83. The van der Waals surface area contributed by atoms with E-state index in [2.05, 4.69) is 21.5 Å². The molecule has 5 nitrogen and oxygen atoms in total. The summed E-state index contributed by atoms with van der Waals surface area (Å²) in [5.41, 5.74) is 2.30. The molecule has 3 aromatic rings. The van der Waals surface area contributed by atoms with Gasteiger partial charge >= 0.3 is 6.03 Å². The van der Waals surface area contributed by atoms with Gasteiger partial charge in [0, 0.05) is 10.7 Å². The third-order valence-electron chi connectivity index (χ3n) is 3.16. The predicted octanol–water partition coefficient (Wildman–Crippen LogP) is 4.56. The number of amides is 2. The number of anilines is 1. The van der Waals surface area contributed by atoms with Crippen molar-refractivity contribution in [1.29, 1.82) is 0 Å². The van der Waals surface area contributed by atoms with E-state index in [1.807, 2.05) is 0 Å². The van der Waals surface area contributed by atoms with Crippen LogP contribution in [-0.2, 0) is 0 Å². The van der Waals surface area contributed by atoms with Crippen LogP contribution in [0.2, 0.25) is 10.0 Å². The van der Waals surface area contributed by atoms with Crippen LogP contribution < -0.4 is 10.6 Å². The number of terminal acetylenes is 1. The van der Waals surface area contributed by atoms with Crippen molar-refractivity contribution in [2.24, 2.45) is 0 Å². The molecule has 2 N–H and O–H groups in total. The van der Waals surface area contributed by atoms with Crippen molar-refractivity contribution in [2.75, 3.05) is 11.9 Å². The van der Waals surface area contributed by atoms with Gasteiger partial charge in [-0.3, -0.25) is 0 Å². The Morgan fingerprint density at radius 2 is 2.08 bits per heavy atom. The second-order valence-corrected chi connectivity index (χ2v) is 5.68. The summed E-state index contributed by atoms with van der Waals surface area (Å²) < 4.78 is 5.71. The molecule has 0 aliphatic heterocycles. The number of oxazole rings is 1. The fourth-order valence-electron chi connectivity index (χ4n) is 2.09. The lowest BCUT2D eigenvalue weighted by Gasteiger charge is -2.07. The summed E-state index contributed by atoms with van der Waals surface area (Å²) in [4.78, 5) is 16.1. The molecule has 1 aromatic heterocycles. The molecule has 7 heteroatoms. The molecular formula is C17H11Cl2N3O2. The molecule has 3 rings (SSSR count). The number of hydrogen-bond donors (Lipinski definition) is 2. The molecule has 0 aliphatic rings. The molecule has 0 atom stereocenters. The zero-order valence-electron chi connectivity index (χ0n) is 12.3. The monoisotopic (exact) mass is 359 g/mol. The van der Waals surface area contributed by atoms with Crippen LogP contribution in [0.25, 0.3) is 22.6 Å². The normalized spacial score (nSPS) is 10.4. The number of carbonyl (C=O) groups is 1. The molecule has 0 unspecified atom stereocenters. The van der Waals surface area contributed by atoms with Gasteiger partial charge in [-0.05, 0) is 36.4 Å². The van der Waals surface area contributed by atoms with Gasteiger partial charge in [0.25, 0.3) is 0 Å².